The summed E-state index contributed by atoms with van der Waals surface area (Å²) in [6, 6.07) is 0. The average Bonchev–Trinajstić information content (AvgIpc) is 2.57. The molecule has 0 bridgehead atoms. The van der Waals surface area contributed by atoms with Crippen molar-refractivity contribution in [2.24, 2.45) is 0 Å². The highest BCUT2D eigenvalue weighted by Gasteiger charge is 2.85. The van der Waals surface area contributed by atoms with Gasteiger partial charge in [0.2, 0.25) is 0 Å². The van der Waals surface area contributed by atoms with Crippen LogP contribution in [0.25, 0.3) is 0 Å². The summed E-state index contributed by atoms with van der Waals surface area (Å²) < 4.78 is 189. The van der Waals surface area contributed by atoms with Gasteiger partial charge in [0.15, 0.2) is 0 Å². The predicted octanol–water partition coefficient (Wildman–Crippen LogP) is 4.06. The van der Waals surface area contributed by atoms with E-state index < -0.39 is 60.6 Å². The Morgan fingerprint density at radius 1 is 0.629 bits per heavy atom. The Labute approximate surface area is 183 Å². The molecule has 0 saturated carbocycles. The molecule has 21 heteroatoms. The van der Waals surface area contributed by atoms with Crippen LogP contribution in [0.3, 0.4) is 0 Å². The van der Waals surface area contributed by atoms with Crippen molar-refractivity contribution < 1.29 is 95.4 Å². The smallest absolute Gasteiger partial charge is 0.460 e. The van der Waals surface area contributed by atoms with Gasteiger partial charge in [0.1, 0.15) is 12.2 Å². The summed E-state index contributed by atoms with van der Waals surface area (Å²) in [5, 5.41) is 24.7. The molecule has 0 radical (unpaired) electrons. The van der Waals surface area contributed by atoms with Gasteiger partial charge in [0.05, 0.1) is 0 Å². The maximum Gasteiger partial charge on any atom is 0.460 e. The Morgan fingerprint density at radius 2 is 0.943 bits per heavy atom. The van der Waals surface area contributed by atoms with E-state index in [1.54, 1.807) is 18.6 Å². The fraction of sp³-hybridized carbons (Fsp3) is 0.786. The maximum atomic E-state index is 12.7. The molecule has 208 valence electrons. The first-order valence-corrected chi connectivity index (χ1v) is 7.83. The summed E-state index contributed by atoms with van der Waals surface area (Å²) in [6.45, 7) is 3.10. The molecule has 0 heterocycles. The molecule has 0 spiro atoms. The standard InChI is InChI=1S/C8HF15O4.C6H10O2/c9-2(10,1(24)25)26-7(20,21)8(22,23)27-6(18,19)4(13,14)3(11,12)5(15,16)17;1-5(7)3-4-6(2)8/h(H,24,25);5-8H,1-2H3. The Kier molecular flexibility index (Phi) is 10.8. The van der Waals surface area contributed by atoms with E-state index >= 15 is 0 Å². The number of aliphatic hydroxyl groups is 2. The molecule has 0 aliphatic carbocycles. The average molecular weight is 560 g/mol. The second-order valence-corrected chi connectivity index (χ2v) is 5.86. The van der Waals surface area contributed by atoms with Gasteiger partial charge in [-0.25, -0.2) is 14.3 Å². The number of carboxylic acids is 1. The quantitative estimate of drug-likeness (QED) is 0.306. The number of aliphatic carboxylic acids is 1. The van der Waals surface area contributed by atoms with E-state index in [0.29, 0.717) is 0 Å². The Bertz CT molecular complexity index is 767. The molecule has 0 fully saturated rings. The molecule has 3 N–H and O–H groups in total. The number of aliphatic hydroxyl groups excluding tert-OH is 2. The monoisotopic (exact) mass is 560 g/mol. The van der Waals surface area contributed by atoms with E-state index in [-0.39, 0.29) is 0 Å². The van der Waals surface area contributed by atoms with Gasteiger partial charge in [0, 0.05) is 0 Å². The fourth-order valence-corrected chi connectivity index (χ4v) is 1.15. The molecular formula is C14H11F15O6. The number of hydrogen-bond acceptors (Lipinski definition) is 5. The molecule has 2 unspecified atom stereocenters. The first-order chi connectivity index (χ1) is 15.0. The minimum atomic E-state index is -7.97. The molecule has 0 aromatic carbocycles. The second kappa shape index (κ2) is 10.8. The molecule has 0 saturated heterocycles. The van der Waals surface area contributed by atoms with E-state index in [4.69, 9.17) is 15.3 Å². The van der Waals surface area contributed by atoms with E-state index in [2.05, 4.69) is 11.8 Å². The summed E-state index contributed by atoms with van der Waals surface area (Å²) >= 11 is 0. The van der Waals surface area contributed by atoms with Crippen molar-refractivity contribution in [2.75, 3.05) is 0 Å². The normalized spacial score (nSPS) is 15.9. The van der Waals surface area contributed by atoms with Gasteiger partial charge in [-0.05, 0) is 13.8 Å². The zero-order chi connectivity index (χ0) is 29.1. The lowest BCUT2D eigenvalue weighted by Gasteiger charge is -2.36. The van der Waals surface area contributed by atoms with Gasteiger partial charge in [-0.1, -0.05) is 11.8 Å². The fourth-order valence-electron chi connectivity index (χ4n) is 1.15. The van der Waals surface area contributed by atoms with Crippen molar-refractivity contribution in [2.45, 2.75) is 68.5 Å². The minimum Gasteiger partial charge on any atom is -0.475 e. The van der Waals surface area contributed by atoms with Crippen LogP contribution in [-0.2, 0) is 14.3 Å². The van der Waals surface area contributed by atoms with Crippen LogP contribution in [0.5, 0.6) is 0 Å². The molecular weight excluding hydrogens is 549 g/mol. The van der Waals surface area contributed by atoms with Crippen LogP contribution in [0.2, 0.25) is 0 Å². The van der Waals surface area contributed by atoms with E-state index in [0.717, 1.165) is 0 Å². The van der Waals surface area contributed by atoms with Crippen LogP contribution in [0.1, 0.15) is 13.8 Å². The molecule has 2 atom stereocenters. The summed E-state index contributed by atoms with van der Waals surface area (Å²) in [4.78, 5) is 9.73. The summed E-state index contributed by atoms with van der Waals surface area (Å²) in [5.41, 5.74) is 0. The number of carboxylic acid groups (broad SMARTS) is 1. The van der Waals surface area contributed by atoms with Crippen molar-refractivity contribution in [3.63, 3.8) is 0 Å². The van der Waals surface area contributed by atoms with Gasteiger partial charge in [0.25, 0.3) is 0 Å². The summed E-state index contributed by atoms with van der Waals surface area (Å²) in [7, 11) is 0. The van der Waals surface area contributed by atoms with Crippen molar-refractivity contribution >= 4 is 5.97 Å². The number of hydrogen-bond donors (Lipinski definition) is 3. The van der Waals surface area contributed by atoms with Crippen LogP contribution in [0.4, 0.5) is 65.9 Å². The summed E-state index contributed by atoms with van der Waals surface area (Å²) in [6.07, 6.45) is -37.5. The van der Waals surface area contributed by atoms with Crippen molar-refractivity contribution in [1.82, 2.24) is 0 Å². The largest absolute Gasteiger partial charge is 0.475 e. The van der Waals surface area contributed by atoms with Crippen molar-refractivity contribution in [3.8, 4) is 11.8 Å². The zero-order valence-electron chi connectivity index (χ0n) is 16.4. The first kappa shape index (κ1) is 35.0. The van der Waals surface area contributed by atoms with Crippen molar-refractivity contribution in [3.05, 3.63) is 0 Å². The lowest BCUT2D eigenvalue weighted by Crippen LogP contribution is -2.64. The highest BCUT2D eigenvalue weighted by Crippen LogP contribution is 2.55. The Balaban J connectivity index is 0. The molecule has 0 aromatic rings. The van der Waals surface area contributed by atoms with Crippen LogP contribution in [-0.4, -0.2) is 76.0 Å². The maximum absolute atomic E-state index is 12.7. The third-order valence-electron chi connectivity index (χ3n) is 2.72. The van der Waals surface area contributed by atoms with Gasteiger partial charge >= 0.3 is 48.4 Å². The van der Waals surface area contributed by atoms with Gasteiger partial charge < -0.3 is 15.3 Å². The molecule has 0 rings (SSSR count). The van der Waals surface area contributed by atoms with Gasteiger partial charge in [-0.15, -0.1) is 0 Å². The highest BCUT2D eigenvalue weighted by molar-refractivity contribution is 5.73. The van der Waals surface area contributed by atoms with E-state index in [1.165, 1.54) is 4.74 Å². The molecule has 0 aromatic heterocycles. The molecule has 0 aliphatic rings. The Hall–Kier alpha value is -2.18. The minimum absolute atomic E-state index is 0.635. The zero-order valence-corrected chi connectivity index (χ0v) is 16.4. The predicted molar refractivity (Wildman–Crippen MR) is 76.7 cm³/mol. The van der Waals surface area contributed by atoms with Crippen LogP contribution < -0.4 is 0 Å². The van der Waals surface area contributed by atoms with Crippen LogP contribution >= 0.6 is 0 Å². The van der Waals surface area contributed by atoms with Crippen molar-refractivity contribution in [1.29, 1.82) is 0 Å². The number of carbonyl (C=O) groups is 1. The summed E-state index contributed by atoms with van der Waals surface area (Å²) in [5.74, 6) is -14.7. The van der Waals surface area contributed by atoms with Gasteiger partial charge in [-0.3, -0.25) is 0 Å². The number of halogens is 15. The lowest BCUT2D eigenvalue weighted by molar-refractivity contribution is -0.539. The molecule has 6 nitrogen and oxygen atoms in total. The lowest BCUT2D eigenvalue weighted by atomic mass is 10.1. The topological polar surface area (TPSA) is 96.2 Å². The van der Waals surface area contributed by atoms with Crippen LogP contribution in [0.15, 0.2) is 0 Å². The van der Waals surface area contributed by atoms with E-state index in [1.807, 2.05) is 0 Å². The second-order valence-electron chi connectivity index (χ2n) is 5.86. The SMILES string of the molecule is CC(O)C#CC(C)O.O=C(O)C(F)(F)OC(F)(F)C(F)(F)OC(F)(F)C(F)(F)C(F)(F)C(F)(F)F. The number of alkyl halides is 15. The van der Waals surface area contributed by atoms with Crippen LogP contribution in [0, 0.1) is 11.8 Å². The molecule has 35 heavy (non-hydrogen) atoms. The number of ether oxygens (including phenoxy) is 2. The molecule has 0 amide bonds. The van der Waals surface area contributed by atoms with Gasteiger partial charge in [-0.2, -0.15) is 65.9 Å². The third-order valence-corrected chi connectivity index (χ3v) is 2.72. The molecule has 0 aliphatic heterocycles. The van der Waals surface area contributed by atoms with E-state index in [9.17, 15) is 70.7 Å². The third kappa shape index (κ3) is 8.76. The number of rotatable bonds is 8. The first-order valence-electron chi connectivity index (χ1n) is 7.83. The highest BCUT2D eigenvalue weighted by atomic mass is 19.4. The Morgan fingerprint density at radius 3 is 1.20 bits per heavy atom.